The predicted octanol–water partition coefficient (Wildman–Crippen LogP) is 3.91. The molecule has 0 amide bonds. The summed E-state index contributed by atoms with van der Waals surface area (Å²) in [5.74, 6) is 0. The topological polar surface area (TPSA) is 50.4 Å². The molecule has 3 rings (SSSR count). The number of aliphatic hydroxyl groups is 1. The van der Waals surface area contributed by atoms with Crippen molar-refractivity contribution in [1.82, 2.24) is 14.6 Å². The monoisotopic (exact) mass is 315 g/mol. The minimum atomic E-state index is -0.0552. The summed E-state index contributed by atoms with van der Waals surface area (Å²) >= 11 is 1.62. The summed E-state index contributed by atoms with van der Waals surface area (Å²) in [7, 11) is 0. The fourth-order valence-corrected chi connectivity index (χ4v) is 3.47. The van der Waals surface area contributed by atoms with Gasteiger partial charge in [-0.25, -0.2) is 9.50 Å². The number of aromatic nitrogens is 3. The Hall–Kier alpha value is -1.72. The SMILES string of the molecule is CCCCc1nn2c(CO)c(-c3ccc(C)c(C)c3)nc2s1. The molecular weight excluding hydrogens is 294 g/mol. The van der Waals surface area contributed by atoms with Crippen molar-refractivity contribution in [3.8, 4) is 11.3 Å². The molecule has 2 aromatic heterocycles. The zero-order valence-corrected chi connectivity index (χ0v) is 14.1. The van der Waals surface area contributed by atoms with Gasteiger partial charge in [0, 0.05) is 12.0 Å². The number of fused-ring (bicyclic) bond motifs is 1. The average Bonchev–Trinajstić information content (AvgIpc) is 3.04. The summed E-state index contributed by atoms with van der Waals surface area (Å²) in [6.07, 6.45) is 3.27. The third-order valence-corrected chi connectivity index (χ3v) is 4.98. The quantitative estimate of drug-likeness (QED) is 0.776. The van der Waals surface area contributed by atoms with Crippen LogP contribution < -0.4 is 0 Å². The number of benzene rings is 1. The van der Waals surface area contributed by atoms with E-state index in [2.05, 4.69) is 44.1 Å². The van der Waals surface area contributed by atoms with Crippen LogP contribution in [0, 0.1) is 13.8 Å². The van der Waals surface area contributed by atoms with E-state index in [1.165, 1.54) is 11.1 Å². The number of aryl methyl sites for hydroxylation is 3. The summed E-state index contributed by atoms with van der Waals surface area (Å²) in [5.41, 5.74) is 5.15. The van der Waals surface area contributed by atoms with E-state index in [0.29, 0.717) is 0 Å². The smallest absolute Gasteiger partial charge is 0.213 e. The Morgan fingerprint density at radius 3 is 2.73 bits per heavy atom. The number of aliphatic hydroxyl groups excluding tert-OH is 1. The minimum absolute atomic E-state index is 0.0552. The van der Waals surface area contributed by atoms with Gasteiger partial charge in [-0.3, -0.25) is 0 Å². The Morgan fingerprint density at radius 1 is 1.23 bits per heavy atom. The fourth-order valence-electron chi connectivity index (χ4n) is 2.52. The van der Waals surface area contributed by atoms with E-state index < -0.39 is 0 Å². The molecule has 116 valence electrons. The van der Waals surface area contributed by atoms with Gasteiger partial charge in [-0.1, -0.05) is 36.8 Å². The molecule has 0 aliphatic heterocycles. The van der Waals surface area contributed by atoms with Crippen molar-refractivity contribution in [2.75, 3.05) is 0 Å². The number of hydrogen-bond acceptors (Lipinski definition) is 4. The Morgan fingerprint density at radius 2 is 2.05 bits per heavy atom. The summed E-state index contributed by atoms with van der Waals surface area (Å²) in [6.45, 7) is 6.31. The molecule has 0 atom stereocenters. The van der Waals surface area contributed by atoms with Gasteiger partial charge in [-0.2, -0.15) is 5.10 Å². The lowest BCUT2D eigenvalue weighted by Crippen LogP contribution is -1.97. The lowest BCUT2D eigenvalue weighted by molar-refractivity contribution is 0.275. The second-order valence-electron chi connectivity index (χ2n) is 5.66. The standard InChI is InChI=1S/C17H21N3OS/c1-4-5-6-15-19-20-14(10-21)16(18-17(20)22-15)13-8-7-11(2)12(3)9-13/h7-9,21H,4-6,10H2,1-3H3. The van der Waals surface area contributed by atoms with Crippen molar-refractivity contribution >= 4 is 16.3 Å². The maximum absolute atomic E-state index is 9.78. The number of imidazole rings is 1. The zero-order valence-electron chi connectivity index (χ0n) is 13.3. The van der Waals surface area contributed by atoms with Gasteiger partial charge in [0.15, 0.2) is 0 Å². The van der Waals surface area contributed by atoms with E-state index in [0.717, 1.165) is 46.2 Å². The molecule has 0 bridgehead atoms. The van der Waals surface area contributed by atoms with Crippen LogP contribution in [0.3, 0.4) is 0 Å². The first-order chi connectivity index (χ1) is 10.6. The van der Waals surface area contributed by atoms with Crippen LogP contribution >= 0.6 is 11.3 Å². The molecule has 0 saturated carbocycles. The molecule has 0 aliphatic carbocycles. The summed E-state index contributed by atoms with van der Waals surface area (Å²) in [5, 5.41) is 15.5. The Balaban J connectivity index is 2.06. The lowest BCUT2D eigenvalue weighted by atomic mass is 10.0. The molecule has 0 fully saturated rings. The fraction of sp³-hybridized carbons (Fsp3) is 0.412. The second-order valence-corrected chi connectivity index (χ2v) is 6.70. The maximum Gasteiger partial charge on any atom is 0.213 e. The van der Waals surface area contributed by atoms with Crippen molar-refractivity contribution in [2.45, 2.75) is 46.6 Å². The molecule has 22 heavy (non-hydrogen) atoms. The van der Waals surface area contributed by atoms with Crippen LogP contribution in [0.25, 0.3) is 16.2 Å². The third kappa shape index (κ3) is 2.66. The summed E-state index contributed by atoms with van der Waals surface area (Å²) in [4.78, 5) is 5.58. The van der Waals surface area contributed by atoms with Crippen molar-refractivity contribution in [3.63, 3.8) is 0 Å². The molecule has 2 heterocycles. The lowest BCUT2D eigenvalue weighted by Gasteiger charge is -2.04. The summed E-state index contributed by atoms with van der Waals surface area (Å²) in [6, 6.07) is 6.28. The highest BCUT2D eigenvalue weighted by Gasteiger charge is 2.17. The van der Waals surface area contributed by atoms with Gasteiger partial charge in [0.25, 0.3) is 0 Å². The average molecular weight is 315 g/mol. The van der Waals surface area contributed by atoms with Gasteiger partial charge in [-0.05, 0) is 37.5 Å². The van der Waals surface area contributed by atoms with Crippen LogP contribution in [0.2, 0.25) is 0 Å². The van der Waals surface area contributed by atoms with Crippen LogP contribution in [0.5, 0.6) is 0 Å². The van der Waals surface area contributed by atoms with Crippen LogP contribution in [0.15, 0.2) is 18.2 Å². The molecule has 5 heteroatoms. The molecule has 0 saturated heterocycles. The Kier molecular flexibility index (Phi) is 4.27. The van der Waals surface area contributed by atoms with E-state index in [1.807, 2.05) is 0 Å². The molecule has 0 spiro atoms. The number of hydrogen-bond donors (Lipinski definition) is 1. The molecule has 0 unspecified atom stereocenters. The zero-order chi connectivity index (χ0) is 15.7. The van der Waals surface area contributed by atoms with E-state index in [1.54, 1.807) is 15.9 Å². The third-order valence-electron chi connectivity index (χ3n) is 4.01. The maximum atomic E-state index is 9.78. The van der Waals surface area contributed by atoms with Gasteiger partial charge in [0.1, 0.15) is 5.01 Å². The number of nitrogens with zero attached hydrogens (tertiary/aromatic N) is 3. The highest BCUT2D eigenvalue weighted by atomic mass is 32.1. The first-order valence-corrected chi connectivity index (χ1v) is 8.51. The predicted molar refractivity (Wildman–Crippen MR) is 90.3 cm³/mol. The summed E-state index contributed by atoms with van der Waals surface area (Å²) < 4.78 is 1.81. The molecule has 4 nitrogen and oxygen atoms in total. The van der Waals surface area contributed by atoms with E-state index >= 15 is 0 Å². The molecule has 0 aliphatic rings. The number of unbranched alkanes of at least 4 members (excludes halogenated alkanes) is 1. The molecule has 1 aromatic carbocycles. The first-order valence-electron chi connectivity index (χ1n) is 7.69. The highest BCUT2D eigenvalue weighted by molar-refractivity contribution is 7.16. The van der Waals surface area contributed by atoms with Gasteiger partial charge >= 0.3 is 0 Å². The van der Waals surface area contributed by atoms with Gasteiger partial charge < -0.3 is 5.11 Å². The van der Waals surface area contributed by atoms with Gasteiger partial charge in [0.05, 0.1) is 18.0 Å². The van der Waals surface area contributed by atoms with Crippen molar-refractivity contribution in [1.29, 1.82) is 0 Å². The minimum Gasteiger partial charge on any atom is -0.390 e. The van der Waals surface area contributed by atoms with Crippen LogP contribution in [0.1, 0.15) is 41.6 Å². The van der Waals surface area contributed by atoms with Crippen molar-refractivity contribution in [2.24, 2.45) is 0 Å². The van der Waals surface area contributed by atoms with Crippen molar-refractivity contribution in [3.05, 3.63) is 40.0 Å². The normalized spacial score (nSPS) is 11.5. The number of rotatable bonds is 5. The van der Waals surface area contributed by atoms with Crippen molar-refractivity contribution < 1.29 is 5.11 Å². The van der Waals surface area contributed by atoms with Crippen LogP contribution in [-0.2, 0) is 13.0 Å². The largest absolute Gasteiger partial charge is 0.390 e. The molecule has 3 aromatic rings. The van der Waals surface area contributed by atoms with Gasteiger partial charge in [0.2, 0.25) is 4.96 Å². The van der Waals surface area contributed by atoms with E-state index in [-0.39, 0.29) is 6.61 Å². The molecule has 1 N–H and O–H groups in total. The highest BCUT2D eigenvalue weighted by Crippen LogP contribution is 2.28. The Bertz CT molecular complexity index is 804. The van der Waals surface area contributed by atoms with E-state index in [9.17, 15) is 5.11 Å². The van der Waals surface area contributed by atoms with E-state index in [4.69, 9.17) is 4.98 Å². The second kappa shape index (κ2) is 6.18. The van der Waals surface area contributed by atoms with Gasteiger partial charge in [-0.15, -0.1) is 0 Å². The molecular formula is C17H21N3OS. The molecule has 0 radical (unpaired) electrons. The van der Waals surface area contributed by atoms with Crippen LogP contribution in [-0.4, -0.2) is 19.7 Å². The van der Waals surface area contributed by atoms with Crippen LogP contribution in [0.4, 0.5) is 0 Å². The first kappa shape index (κ1) is 15.2. The Labute approximate surface area is 134 Å².